The van der Waals surface area contributed by atoms with Crippen molar-refractivity contribution in [2.45, 2.75) is 57.6 Å². The summed E-state index contributed by atoms with van der Waals surface area (Å²) in [5, 5.41) is 10.6. The molecule has 0 saturated carbocycles. The van der Waals surface area contributed by atoms with Gasteiger partial charge in [-0.25, -0.2) is 23.5 Å². The van der Waals surface area contributed by atoms with Crippen LogP contribution in [0.3, 0.4) is 0 Å². The van der Waals surface area contributed by atoms with Crippen LogP contribution in [0.25, 0.3) is 0 Å². The number of halogens is 5. The lowest BCUT2D eigenvalue weighted by Gasteiger charge is -2.35. The summed E-state index contributed by atoms with van der Waals surface area (Å²) in [6.45, 7) is 6.59. The highest BCUT2D eigenvalue weighted by Crippen LogP contribution is 2.31. The number of piperidine rings is 1. The largest absolute Gasteiger partial charge is 0.490 e. The lowest BCUT2D eigenvalue weighted by molar-refractivity contribution is -0.192. The van der Waals surface area contributed by atoms with Crippen LogP contribution < -0.4 is 15.0 Å². The van der Waals surface area contributed by atoms with E-state index in [2.05, 4.69) is 46.3 Å². The fourth-order valence-corrected chi connectivity index (χ4v) is 5.13. The fraction of sp³-hybridized carbons (Fsp3) is 0.452. The molecule has 3 heterocycles. The van der Waals surface area contributed by atoms with Crippen molar-refractivity contribution in [1.29, 1.82) is 0 Å². The summed E-state index contributed by atoms with van der Waals surface area (Å²) < 4.78 is 70.3. The Morgan fingerprint density at radius 3 is 2.38 bits per heavy atom. The summed E-state index contributed by atoms with van der Waals surface area (Å²) in [7, 11) is 1.69. The van der Waals surface area contributed by atoms with E-state index in [1.54, 1.807) is 7.11 Å². The number of nitrogens with zero attached hydrogens (tertiary/aromatic N) is 4. The van der Waals surface area contributed by atoms with Gasteiger partial charge in [0.05, 0.1) is 18.0 Å². The SMILES string of the molecule is COC[C@H](C)Nc1nc2c(nc1N1CCC(Oc3ccc(F)cc3F)CC1)CCN(Cc1ccccc1)C2.O=C(O)C(F)(F)F. The van der Waals surface area contributed by atoms with Gasteiger partial charge in [-0.3, -0.25) is 4.90 Å². The van der Waals surface area contributed by atoms with Crippen molar-refractivity contribution in [2.75, 3.05) is 43.6 Å². The van der Waals surface area contributed by atoms with Gasteiger partial charge in [-0.15, -0.1) is 0 Å². The van der Waals surface area contributed by atoms with Crippen molar-refractivity contribution < 1.29 is 41.3 Å². The molecule has 2 N–H and O–H groups in total. The third-order valence-corrected chi connectivity index (χ3v) is 7.29. The first-order valence-corrected chi connectivity index (χ1v) is 14.5. The first-order chi connectivity index (χ1) is 21.4. The number of hydrogen-bond donors (Lipinski definition) is 2. The molecule has 0 bridgehead atoms. The number of alkyl halides is 3. The highest BCUT2D eigenvalue weighted by Gasteiger charge is 2.38. The van der Waals surface area contributed by atoms with Gasteiger partial charge in [0, 0.05) is 71.2 Å². The molecule has 3 aromatic rings. The Morgan fingerprint density at radius 2 is 1.76 bits per heavy atom. The molecule has 0 aliphatic carbocycles. The molecule has 14 heteroatoms. The molecule has 1 saturated heterocycles. The summed E-state index contributed by atoms with van der Waals surface area (Å²) in [5.41, 5.74) is 3.34. The second-order valence-electron chi connectivity index (χ2n) is 10.9. The van der Waals surface area contributed by atoms with Gasteiger partial charge in [0.1, 0.15) is 11.9 Å². The predicted molar refractivity (Wildman–Crippen MR) is 157 cm³/mol. The first-order valence-electron chi connectivity index (χ1n) is 14.5. The molecule has 0 spiro atoms. The minimum Gasteiger partial charge on any atom is -0.487 e. The average molecular weight is 638 g/mol. The quantitative estimate of drug-likeness (QED) is 0.297. The number of rotatable bonds is 9. The number of ether oxygens (including phenoxy) is 2. The van der Waals surface area contributed by atoms with E-state index in [1.807, 2.05) is 6.07 Å². The molecule has 2 aliphatic heterocycles. The molecule has 2 aliphatic rings. The minimum absolute atomic E-state index is 0.0671. The van der Waals surface area contributed by atoms with Crippen molar-refractivity contribution >= 4 is 17.6 Å². The molecular formula is C31H36F5N5O4. The number of aromatic nitrogens is 2. The second kappa shape index (κ2) is 15.3. The van der Waals surface area contributed by atoms with Crippen LogP contribution in [0.1, 0.15) is 36.7 Å². The molecule has 0 amide bonds. The van der Waals surface area contributed by atoms with Gasteiger partial charge in [-0.1, -0.05) is 30.3 Å². The zero-order chi connectivity index (χ0) is 32.6. The summed E-state index contributed by atoms with van der Waals surface area (Å²) in [6, 6.07) is 14.0. The summed E-state index contributed by atoms with van der Waals surface area (Å²) in [4.78, 5) is 23.7. The van der Waals surface area contributed by atoms with E-state index >= 15 is 0 Å². The predicted octanol–water partition coefficient (Wildman–Crippen LogP) is 5.44. The Hall–Kier alpha value is -4.04. The van der Waals surface area contributed by atoms with E-state index in [1.165, 1.54) is 17.7 Å². The normalized spacial score (nSPS) is 16.3. The van der Waals surface area contributed by atoms with Gasteiger partial charge in [-0.05, 0) is 24.6 Å². The van der Waals surface area contributed by atoms with Crippen LogP contribution in [0.5, 0.6) is 5.75 Å². The maximum absolute atomic E-state index is 14.1. The molecule has 1 fully saturated rings. The topological polar surface area (TPSA) is 100 Å². The highest BCUT2D eigenvalue weighted by molar-refractivity contribution is 5.73. The van der Waals surface area contributed by atoms with Crippen LogP contribution in [-0.2, 0) is 29.0 Å². The van der Waals surface area contributed by atoms with E-state index in [0.717, 1.165) is 55.1 Å². The molecule has 45 heavy (non-hydrogen) atoms. The van der Waals surface area contributed by atoms with E-state index in [0.29, 0.717) is 32.5 Å². The van der Waals surface area contributed by atoms with E-state index in [9.17, 15) is 22.0 Å². The maximum Gasteiger partial charge on any atom is 0.490 e. The number of nitrogens with one attached hydrogen (secondary N) is 1. The van der Waals surface area contributed by atoms with E-state index < -0.39 is 23.8 Å². The number of anilines is 2. The van der Waals surface area contributed by atoms with Gasteiger partial charge in [0.15, 0.2) is 23.2 Å². The summed E-state index contributed by atoms with van der Waals surface area (Å²) in [6.07, 6.45) is -2.98. The number of carbonyl (C=O) groups is 1. The Labute approximate surface area is 258 Å². The highest BCUT2D eigenvalue weighted by atomic mass is 19.4. The lowest BCUT2D eigenvalue weighted by atomic mass is 10.1. The van der Waals surface area contributed by atoms with Crippen molar-refractivity contribution in [1.82, 2.24) is 14.9 Å². The molecule has 0 unspecified atom stereocenters. The molecule has 9 nitrogen and oxygen atoms in total. The molecule has 244 valence electrons. The summed E-state index contributed by atoms with van der Waals surface area (Å²) in [5.74, 6) is -2.34. The number of fused-ring (bicyclic) bond motifs is 1. The van der Waals surface area contributed by atoms with E-state index in [4.69, 9.17) is 29.3 Å². The molecular weight excluding hydrogens is 601 g/mol. The van der Waals surface area contributed by atoms with Crippen molar-refractivity contribution in [3.05, 3.63) is 77.1 Å². The van der Waals surface area contributed by atoms with Gasteiger partial charge >= 0.3 is 12.1 Å². The van der Waals surface area contributed by atoms with Gasteiger partial charge < -0.3 is 24.8 Å². The molecule has 2 aromatic carbocycles. The standard InChI is InChI=1S/C29H35F2N5O2.C2HF3O2/c1-20(19-37-2)32-28-29(36-14-10-23(11-15-36)38-27-9-8-22(30)16-24(27)31)34-25-12-13-35(18-26(25)33-28)17-21-6-4-3-5-7-21;3-2(4,5)1(6)7/h3-9,16,20,23H,10-15,17-19H2,1-2H3,(H,32,33);(H,6,7)/t20-;/m0./s1. The zero-order valence-corrected chi connectivity index (χ0v) is 25.0. The maximum atomic E-state index is 14.1. The Balaban J connectivity index is 0.000000591. The molecule has 1 aromatic heterocycles. The van der Waals surface area contributed by atoms with Crippen molar-refractivity contribution in [3.8, 4) is 5.75 Å². The fourth-order valence-electron chi connectivity index (χ4n) is 5.13. The first kappa shape index (κ1) is 33.8. The lowest BCUT2D eigenvalue weighted by Crippen LogP contribution is -2.40. The monoisotopic (exact) mass is 637 g/mol. The third-order valence-electron chi connectivity index (χ3n) is 7.29. The number of benzene rings is 2. The third kappa shape index (κ3) is 9.72. The van der Waals surface area contributed by atoms with Gasteiger partial charge in [-0.2, -0.15) is 13.2 Å². The van der Waals surface area contributed by atoms with E-state index in [-0.39, 0.29) is 17.9 Å². The van der Waals surface area contributed by atoms with Crippen molar-refractivity contribution in [2.24, 2.45) is 0 Å². The zero-order valence-electron chi connectivity index (χ0n) is 25.0. The molecule has 1 atom stereocenters. The smallest absolute Gasteiger partial charge is 0.487 e. The molecule has 5 rings (SSSR count). The Morgan fingerprint density at radius 1 is 1.07 bits per heavy atom. The van der Waals surface area contributed by atoms with Crippen LogP contribution in [0.4, 0.5) is 33.6 Å². The van der Waals surface area contributed by atoms with Crippen LogP contribution in [0.2, 0.25) is 0 Å². The summed E-state index contributed by atoms with van der Waals surface area (Å²) >= 11 is 0. The number of carboxylic acid groups (broad SMARTS) is 1. The van der Waals surface area contributed by atoms with Crippen LogP contribution >= 0.6 is 0 Å². The minimum atomic E-state index is -5.08. The number of aliphatic carboxylic acids is 1. The number of methoxy groups -OCH3 is 1. The van der Waals surface area contributed by atoms with Crippen LogP contribution in [-0.4, -0.2) is 77.6 Å². The van der Waals surface area contributed by atoms with Crippen LogP contribution in [0.15, 0.2) is 48.5 Å². The second-order valence-corrected chi connectivity index (χ2v) is 10.9. The molecule has 0 radical (unpaired) electrons. The van der Waals surface area contributed by atoms with Gasteiger partial charge in [0.25, 0.3) is 0 Å². The Bertz CT molecular complexity index is 1420. The Kier molecular flexibility index (Phi) is 11.5. The number of hydrogen-bond acceptors (Lipinski definition) is 8. The van der Waals surface area contributed by atoms with Gasteiger partial charge in [0.2, 0.25) is 0 Å². The van der Waals surface area contributed by atoms with Crippen molar-refractivity contribution in [3.63, 3.8) is 0 Å². The van der Waals surface area contributed by atoms with Crippen LogP contribution in [0, 0.1) is 11.6 Å². The number of carboxylic acids is 1. The average Bonchev–Trinajstić information content (AvgIpc) is 2.99.